The smallest absolute Gasteiger partial charge is 0.326 e. The molecule has 0 aliphatic rings. The summed E-state index contributed by atoms with van der Waals surface area (Å²) in [5, 5.41) is 9.57. The second-order valence-corrected chi connectivity index (χ2v) is 4.31. The van der Waals surface area contributed by atoms with Gasteiger partial charge in [0.2, 0.25) is 0 Å². The summed E-state index contributed by atoms with van der Waals surface area (Å²) in [6.07, 6.45) is 0. The summed E-state index contributed by atoms with van der Waals surface area (Å²) in [4.78, 5) is 12.6. The van der Waals surface area contributed by atoms with E-state index >= 15 is 0 Å². The van der Waals surface area contributed by atoms with Crippen LogP contribution in [-0.4, -0.2) is 31.3 Å². The lowest BCUT2D eigenvalue weighted by atomic mass is 10.1. The number of nitrogens with zero attached hydrogens (tertiary/aromatic N) is 1. The molecule has 0 heterocycles. The summed E-state index contributed by atoms with van der Waals surface area (Å²) in [5.74, 6) is -0.284. The standard InChI is InChI=1S/C12H16ClNO3/c1-7-5-11(17-4)10(6-9(7)13)14(3)8(2)12(15)16/h5-6,8H,1-4H3,(H,15,16). The molecule has 1 aromatic rings. The van der Waals surface area contributed by atoms with Crippen molar-refractivity contribution in [1.82, 2.24) is 0 Å². The summed E-state index contributed by atoms with van der Waals surface area (Å²) in [6, 6.07) is 2.86. The fourth-order valence-corrected chi connectivity index (χ4v) is 1.62. The van der Waals surface area contributed by atoms with E-state index in [1.807, 2.05) is 6.92 Å². The van der Waals surface area contributed by atoms with E-state index in [1.165, 1.54) is 0 Å². The third kappa shape index (κ3) is 2.82. The molecule has 0 aromatic heterocycles. The molecule has 0 bridgehead atoms. The minimum absolute atomic E-state index is 0.588. The molecule has 0 saturated carbocycles. The first-order chi connectivity index (χ1) is 7.88. The highest BCUT2D eigenvalue weighted by Gasteiger charge is 2.20. The van der Waals surface area contributed by atoms with Gasteiger partial charge in [-0.1, -0.05) is 11.6 Å². The number of rotatable bonds is 4. The van der Waals surface area contributed by atoms with Gasteiger partial charge >= 0.3 is 5.97 Å². The van der Waals surface area contributed by atoms with Gasteiger partial charge in [-0.2, -0.15) is 0 Å². The third-order valence-electron chi connectivity index (χ3n) is 2.78. The minimum atomic E-state index is -0.897. The molecule has 94 valence electrons. The molecule has 0 spiro atoms. The van der Waals surface area contributed by atoms with Crippen LogP contribution in [0.5, 0.6) is 5.75 Å². The summed E-state index contributed by atoms with van der Waals surface area (Å²) in [6.45, 7) is 3.48. The van der Waals surface area contributed by atoms with Crippen molar-refractivity contribution in [3.8, 4) is 5.75 Å². The first-order valence-electron chi connectivity index (χ1n) is 5.18. The Balaban J connectivity index is 3.20. The van der Waals surface area contributed by atoms with Crippen LogP contribution in [-0.2, 0) is 4.79 Å². The predicted molar refractivity (Wildman–Crippen MR) is 68.2 cm³/mol. The Labute approximate surface area is 106 Å². The number of hydrogen-bond donors (Lipinski definition) is 1. The average molecular weight is 258 g/mol. The highest BCUT2D eigenvalue weighted by atomic mass is 35.5. The van der Waals surface area contributed by atoms with Crippen molar-refractivity contribution in [2.45, 2.75) is 19.9 Å². The Bertz CT molecular complexity index is 434. The summed E-state index contributed by atoms with van der Waals surface area (Å²) >= 11 is 6.04. The Morgan fingerprint density at radius 1 is 1.53 bits per heavy atom. The van der Waals surface area contributed by atoms with Gasteiger partial charge in [0.25, 0.3) is 0 Å². The third-order valence-corrected chi connectivity index (χ3v) is 3.19. The van der Waals surface area contributed by atoms with Crippen LogP contribution in [0.15, 0.2) is 12.1 Å². The van der Waals surface area contributed by atoms with Crippen LogP contribution in [0.3, 0.4) is 0 Å². The van der Waals surface area contributed by atoms with Gasteiger partial charge in [0.1, 0.15) is 11.8 Å². The highest BCUT2D eigenvalue weighted by Crippen LogP contribution is 2.34. The van der Waals surface area contributed by atoms with Crippen LogP contribution < -0.4 is 9.64 Å². The van der Waals surface area contributed by atoms with Crippen molar-refractivity contribution in [3.05, 3.63) is 22.7 Å². The van der Waals surface area contributed by atoms with Crippen LogP contribution in [0, 0.1) is 6.92 Å². The zero-order valence-electron chi connectivity index (χ0n) is 10.3. The van der Waals surface area contributed by atoms with Crippen molar-refractivity contribution < 1.29 is 14.6 Å². The van der Waals surface area contributed by atoms with Gasteiger partial charge in [-0.25, -0.2) is 4.79 Å². The van der Waals surface area contributed by atoms with Crippen LogP contribution in [0.25, 0.3) is 0 Å². The first kappa shape index (κ1) is 13.6. The molecule has 0 fully saturated rings. The van der Waals surface area contributed by atoms with Crippen LogP contribution in [0.2, 0.25) is 5.02 Å². The van der Waals surface area contributed by atoms with E-state index in [1.54, 1.807) is 38.1 Å². The van der Waals surface area contributed by atoms with Gasteiger partial charge in [-0.15, -0.1) is 0 Å². The molecule has 0 aliphatic carbocycles. The quantitative estimate of drug-likeness (QED) is 0.901. The number of carboxylic acids is 1. The summed E-state index contributed by atoms with van der Waals surface area (Å²) < 4.78 is 5.24. The molecule has 0 amide bonds. The summed E-state index contributed by atoms with van der Waals surface area (Å²) in [5.41, 5.74) is 1.56. The normalized spacial score (nSPS) is 12.1. The molecular weight excluding hydrogens is 242 g/mol. The van der Waals surface area contributed by atoms with Gasteiger partial charge < -0.3 is 14.7 Å². The molecule has 0 aliphatic heterocycles. The lowest BCUT2D eigenvalue weighted by molar-refractivity contribution is -0.138. The molecule has 1 atom stereocenters. The van der Waals surface area contributed by atoms with E-state index in [4.69, 9.17) is 21.4 Å². The lowest BCUT2D eigenvalue weighted by Gasteiger charge is -2.26. The van der Waals surface area contributed by atoms with Crippen LogP contribution in [0.1, 0.15) is 12.5 Å². The molecule has 1 aromatic carbocycles. The molecule has 4 nitrogen and oxygen atoms in total. The van der Waals surface area contributed by atoms with E-state index in [0.717, 1.165) is 5.56 Å². The van der Waals surface area contributed by atoms with E-state index in [2.05, 4.69) is 0 Å². The molecule has 1 N–H and O–H groups in total. The number of anilines is 1. The van der Waals surface area contributed by atoms with Gasteiger partial charge in [0.05, 0.1) is 12.8 Å². The number of carboxylic acid groups (broad SMARTS) is 1. The number of carbonyl (C=O) groups is 1. The van der Waals surface area contributed by atoms with Gasteiger partial charge in [-0.3, -0.25) is 0 Å². The Morgan fingerprint density at radius 2 is 2.12 bits per heavy atom. The monoisotopic (exact) mass is 257 g/mol. The van der Waals surface area contributed by atoms with E-state index in [9.17, 15) is 4.79 Å². The highest BCUT2D eigenvalue weighted by molar-refractivity contribution is 6.31. The number of ether oxygens (including phenoxy) is 1. The SMILES string of the molecule is COc1cc(C)c(Cl)cc1N(C)C(C)C(=O)O. The number of benzene rings is 1. The average Bonchev–Trinajstić information content (AvgIpc) is 2.29. The van der Waals surface area contributed by atoms with Crippen LogP contribution in [0.4, 0.5) is 5.69 Å². The number of aryl methyl sites for hydroxylation is 1. The van der Waals surface area contributed by atoms with Crippen LogP contribution >= 0.6 is 11.6 Å². The molecule has 0 saturated heterocycles. The zero-order valence-corrected chi connectivity index (χ0v) is 11.1. The van der Waals surface area contributed by atoms with E-state index < -0.39 is 12.0 Å². The van der Waals surface area contributed by atoms with Crippen molar-refractivity contribution >= 4 is 23.3 Å². The topological polar surface area (TPSA) is 49.8 Å². The largest absolute Gasteiger partial charge is 0.495 e. The minimum Gasteiger partial charge on any atom is -0.495 e. The van der Waals surface area contributed by atoms with E-state index in [0.29, 0.717) is 16.5 Å². The van der Waals surface area contributed by atoms with Gasteiger partial charge in [0.15, 0.2) is 0 Å². The predicted octanol–water partition coefficient (Wildman–Crippen LogP) is 2.57. The fraction of sp³-hybridized carbons (Fsp3) is 0.417. The Kier molecular flexibility index (Phi) is 4.23. The maximum absolute atomic E-state index is 11.0. The Morgan fingerprint density at radius 3 is 2.59 bits per heavy atom. The van der Waals surface area contributed by atoms with Gasteiger partial charge in [0, 0.05) is 12.1 Å². The summed E-state index contributed by atoms with van der Waals surface area (Å²) in [7, 11) is 3.24. The fourth-order valence-electron chi connectivity index (χ4n) is 1.46. The second-order valence-electron chi connectivity index (χ2n) is 3.90. The molecule has 1 rings (SSSR count). The zero-order chi connectivity index (χ0) is 13.2. The Hall–Kier alpha value is -1.42. The molecule has 0 radical (unpaired) electrons. The number of hydrogen-bond acceptors (Lipinski definition) is 3. The number of aliphatic carboxylic acids is 1. The number of halogens is 1. The molecule has 5 heteroatoms. The second kappa shape index (κ2) is 5.27. The first-order valence-corrected chi connectivity index (χ1v) is 5.56. The number of likely N-dealkylation sites (N-methyl/N-ethyl adjacent to an activating group) is 1. The molecule has 17 heavy (non-hydrogen) atoms. The number of methoxy groups -OCH3 is 1. The molecule has 1 unspecified atom stereocenters. The molecular formula is C12H16ClNO3. The maximum Gasteiger partial charge on any atom is 0.326 e. The maximum atomic E-state index is 11.0. The van der Waals surface area contributed by atoms with Gasteiger partial charge in [-0.05, 0) is 31.5 Å². The van der Waals surface area contributed by atoms with Crippen molar-refractivity contribution in [2.75, 3.05) is 19.1 Å². The van der Waals surface area contributed by atoms with E-state index in [-0.39, 0.29) is 0 Å². The lowest BCUT2D eigenvalue weighted by Crippen LogP contribution is -2.36. The van der Waals surface area contributed by atoms with Crippen molar-refractivity contribution in [3.63, 3.8) is 0 Å². The van der Waals surface area contributed by atoms with Crippen molar-refractivity contribution in [1.29, 1.82) is 0 Å². The van der Waals surface area contributed by atoms with Crippen molar-refractivity contribution in [2.24, 2.45) is 0 Å².